The average molecular weight is 305 g/mol. The van der Waals surface area contributed by atoms with Crippen LogP contribution in [0.2, 0.25) is 0 Å². The summed E-state index contributed by atoms with van der Waals surface area (Å²) >= 11 is 8.08. The Kier molecular flexibility index (Phi) is 3.77. The zero-order chi connectivity index (χ0) is 14.1. The molecule has 0 saturated heterocycles. The first kappa shape index (κ1) is 13.6. The van der Waals surface area contributed by atoms with Crippen molar-refractivity contribution in [3.05, 3.63) is 70.4 Å². The molecule has 3 rings (SSSR count). The number of rotatable bonds is 3. The fourth-order valence-electron chi connectivity index (χ4n) is 2.21. The third-order valence-electron chi connectivity index (χ3n) is 3.35. The van der Waals surface area contributed by atoms with Gasteiger partial charge in [-0.25, -0.2) is 4.39 Å². The summed E-state index contributed by atoms with van der Waals surface area (Å²) < 4.78 is 14.2. The predicted molar refractivity (Wildman–Crippen MR) is 85.3 cm³/mol. The fraction of sp³-hybridized carbons (Fsp3) is 0.176. The second kappa shape index (κ2) is 5.55. The Morgan fingerprint density at radius 2 is 1.85 bits per heavy atom. The van der Waals surface area contributed by atoms with Crippen LogP contribution in [0.4, 0.5) is 4.39 Å². The summed E-state index contributed by atoms with van der Waals surface area (Å²) in [6, 6.07) is 15.3. The molecule has 0 aliphatic heterocycles. The number of halogens is 2. The fourth-order valence-corrected chi connectivity index (χ4v) is 3.65. The Morgan fingerprint density at radius 3 is 2.60 bits per heavy atom. The van der Waals surface area contributed by atoms with Gasteiger partial charge in [-0.1, -0.05) is 35.9 Å². The summed E-state index contributed by atoms with van der Waals surface area (Å²) in [5, 5.41) is 0.985. The SMILES string of the molecule is Cc1ccc(CC(Cl)c2cc3ccc(F)cc3s2)cc1. The first-order valence-corrected chi connectivity index (χ1v) is 7.76. The maximum atomic E-state index is 13.2. The van der Waals surface area contributed by atoms with Crippen molar-refractivity contribution in [2.75, 3.05) is 0 Å². The van der Waals surface area contributed by atoms with Crippen LogP contribution in [0.3, 0.4) is 0 Å². The molecule has 1 unspecified atom stereocenters. The van der Waals surface area contributed by atoms with Crippen molar-refractivity contribution in [1.82, 2.24) is 0 Å². The minimum absolute atomic E-state index is 0.0711. The standard InChI is InChI=1S/C17H14ClFS/c1-11-2-4-12(5-3-11)8-15(18)17-9-13-6-7-14(19)10-16(13)20-17/h2-7,9-10,15H,8H2,1H3. The molecule has 102 valence electrons. The molecule has 0 spiro atoms. The smallest absolute Gasteiger partial charge is 0.124 e. The van der Waals surface area contributed by atoms with Crippen molar-refractivity contribution < 1.29 is 4.39 Å². The van der Waals surface area contributed by atoms with Gasteiger partial charge in [-0.15, -0.1) is 22.9 Å². The van der Waals surface area contributed by atoms with Crippen LogP contribution < -0.4 is 0 Å². The highest BCUT2D eigenvalue weighted by molar-refractivity contribution is 7.19. The highest BCUT2D eigenvalue weighted by Gasteiger charge is 2.13. The van der Waals surface area contributed by atoms with E-state index in [2.05, 4.69) is 37.3 Å². The van der Waals surface area contributed by atoms with Gasteiger partial charge in [0.2, 0.25) is 0 Å². The molecule has 1 atom stereocenters. The van der Waals surface area contributed by atoms with Crippen molar-refractivity contribution in [3.63, 3.8) is 0 Å². The van der Waals surface area contributed by atoms with Crippen LogP contribution in [0, 0.1) is 12.7 Å². The van der Waals surface area contributed by atoms with Gasteiger partial charge in [0.05, 0.1) is 5.38 Å². The minimum Gasteiger partial charge on any atom is -0.207 e. The van der Waals surface area contributed by atoms with Crippen LogP contribution in [0.15, 0.2) is 48.5 Å². The highest BCUT2D eigenvalue weighted by atomic mass is 35.5. The molecule has 20 heavy (non-hydrogen) atoms. The topological polar surface area (TPSA) is 0 Å². The number of fused-ring (bicyclic) bond motifs is 1. The number of thiophene rings is 1. The minimum atomic E-state index is -0.199. The Labute approximate surface area is 126 Å². The van der Waals surface area contributed by atoms with Gasteiger partial charge in [-0.05, 0) is 42.5 Å². The molecule has 0 saturated carbocycles. The van der Waals surface area contributed by atoms with Gasteiger partial charge in [-0.2, -0.15) is 0 Å². The summed E-state index contributed by atoms with van der Waals surface area (Å²) in [5.74, 6) is -0.199. The van der Waals surface area contributed by atoms with E-state index >= 15 is 0 Å². The Balaban J connectivity index is 1.84. The monoisotopic (exact) mass is 304 g/mol. The van der Waals surface area contributed by atoms with Crippen molar-refractivity contribution in [2.24, 2.45) is 0 Å². The predicted octanol–water partition coefficient (Wildman–Crippen LogP) is 5.87. The van der Waals surface area contributed by atoms with Crippen LogP contribution in [0.25, 0.3) is 10.1 Å². The first-order valence-electron chi connectivity index (χ1n) is 6.50. The highest BCUT2D eigenvalue weighted by Crippen LogP contribution is 2.35. The van der Waals surface area contributed by atoms with Crippen molar-refractivity contribution in [3.8, 4) is 0 Å². The average Bonchev–Trinajstić information content (AvgIpc) is 2.84. The summed E-state index contributed by atoms with van der Waals surface area (Å²) in [6.45, 7) is 2.07. The van der Waals surface area contributed by atoms with Crippen molar-refractivity contribution in [1.29, 1.82) is 0 Å². The van der Waals surface area contributed by atoms with Gasteiger partial charge >= 0.3 is 0 Å². The molecule has 1 heterocycles. The molecule has 0 nitrogen and oxygen atoms in total. The van der Waals surface area contributed by atoms with E-state index in [1.54, 1.807) is 23.5 Å². The molecule has 0 radical (unpaired) electrons. The van der Waals surface area contributed by atoms with E-state index in [9.17, 15) is 4.39 Å². The van der Waals surface area contributed by atoms with E-state index < -0.39 is 0 Å². The van der Waals surface area contributed by atoms with E-state index in [0.717, 1.165) is 21.4 Å². The number of aryl methyl sites for hydroxylation is 1. The number of alkyl halides is 1. The molecule has 0 N–H and O–H groups in total. The Bertz CT molecular complexity index is 730. The second-order valence-corrected chi connectivity index (χ2v) is 6.63. The lowest BCUT2D eigenvalue weighted by atomic mass is 10.1. The maximum absolute atomic E-state index is 13.2. The molecule has 1 aromatic heterocycles. The largest absolute Gasteiger partial charge is 0.207 e. The summed E-state index contributed by atoms with van der Waals surface area (Å²) in [5.41, 5.74) is 2.47. The molecule has 0 aliphatic carbocycles. The van der Waals surface area contributed by atoms with Crippen LogP contribution in [-0.4, -0.2) is 0 Å². The van der Waals surface area contributed by atoms with Crippen LogP contribution in [0.1, 0.15) is 21.4 Å². The lowest BCUT2D eigenvalue weighted by Gasteiger charge is -2.07. The van der Waals surface area contributed by atoms with E-state index in [-0.39, 0.29) is 11.2 Å². The molecule has 0 aliphatic rings. The molecule has 0 amide bonds. The van der Waals surface area contributed by atoms with Crippen LogP contribution in [-0.2, 0) is 6.42 Å². The molecule has 0 bridgehead atoms. The normalized spacial score (nSPS) is 12.8. The van der Waals surface area contributed by atoms with Gasteiger partial charge in [0, 0.05) is 9.58 Å². The summed E-state index contributed by atoms with van der Waals surface area (Å²) in [7, 11) is 0. The Morgan fingerprint density at radius 1 is 1.10 bits per heavy atom. The Hall–Kier alpha value is -1.38. The second-order valence-electron chi connectivity index (χ2n) is 4.99. The zero-order valence-corrected chi connectivity index (χ0v) is 12.6. The van der Waals surface area contributed by atoms with Crippen LogP contribution >= 0.6 is 22.9 Å². The van der Waals surface area contributed by atoms with Crippen LogP contribution in [0.5, 0.6) is 0 Å². The maximum Gasteiger partial charge on any atom is 0.124 e. The van der Waals surface area contributed by atoms with Gasteiger partial charge in [0.25, 0.3) is 0 Å². The lowest BCUT2D eigenvalue weighted by molar-refractivity contribution is 0.630. The number of hydrogen-bond donors (Lipinski definition) is 0. The summed E-state index contributed by atoms with van der Waals surface area (Å²) in [4.78, 5) is 1.09. The van der Waals surface area contributed by atoms with Gasteiger partial charge in [-0.3, -0.25) is 0 Å². The molecule has 0 fully saturated rings. The number of benzene rings is 2. The van der Waals surface area contributed by atoms with E-state index in [1.807, 2.05) is 0 Å². The third-order valence-corrected chi connectivity index (χ3v) is 5.08. The molecular formula is C17H14ClFS. The zero-order valence-electron chi connectivity index (χ0n) is 11.1. The molecular weight excluding hydrogens is 291 g/mol. The van der Waals surface area contributed by atoms with Gasteiger partial charge in [0.1, 0.15) is 5.82 Å². The quantitative estimate of drug-likeness (QED) is 0.531. The molecule has 3 aromatic rings. The summed E-state index contributed by atoms with van der Waals surface area (Å²) in [6.07, 6.45) is 0.789. The lowest BCUT2D eigenvalue weighted by Crippen LogP contribution is -1.93. The molecule has 2 aromatic carbocycles. The van der Waals surface area contributed by atoms with E-state index in [0.29, 0.717) is 0 Å². The van der Waals surface area contributed by atoms with Crippen molar-refractivity contribution >= 4 is 33.0 Å². The van der Waals surface area contributed by atoms with E-state index in [1.165, 1.54) is 17.2 Å². The number of hydrogen-bond acceptors (Lipinski definition) is 1. The first-order chi connectivity index (χ1) is 9.61. The van der Waals surface area contributed by atoms with Gasteiger partial charge < -0.3 is 0 Å². The van der Waals surface area contributed by atoms with Crippen molar-refractivity contribution in [2.45, 2.75) is 18.7 Å². The van der Waals surface area contributed by atoms with E-state index in [4.69, 9.17) is 11.6 Å². The molecule has 3 heteroatoms. The third kappa shape index (κ3) is 2.87. The van der Waals surface area contributed by atoms with Gasteiger partial charge in [0.15, 0.2) is 0 Å².